The number of halogens is 1. The summed E-state index contributed by atoms with van der Waals surface area (Å²) in [5.74, 6) is 0.663. The topological polar surface area (TPSA) is 113 Å². The van der Waals surface area contributed by atoms with Crippen molar-refractivity contribution in [2.24, 2.45) is 5.92 Å². The van der Waals surface area contributed by atoms with Crippen LogP contribution in [0.5, 0.6) is 0 Å². The molecule has 0 aliphatic carbocycles. The lowest BCUT2D eigenvalue weighted by Gasteiger charge is -2.27. The van der Waals surface area contributed by atoms with Gasteiger partial charge in [-0.15, -0.1) is 0 Å². The molecule has 0 amide bonds. The third-order valence-electron chi connectivity index (χ3n) is 4.94. The molecule has 0 saturated heterocycles. The molecule has 32 heavy (non-hydrogen) atoms. The first-order chi connectivity index (χ1) is 15.2. The fourth-order valence-corrected chi connectivity index (χ4v) is 4.42. The molecule has 2 atom stereocenters. The molecule has 0 fully saturated rings. The second-order valence-electron chi connectivity index (χ2n) is 7.75. The van der Waals surface area contributed by atoms with Gasteiger partial charge in [-0.3, -0.25) is 0 Å². The zero-order chi connectivity index (χ0) is 23.3. The zero-order valence-corrected chi connectivity index (χ0v) is 19.7. The van der Waals surface area contributed by atoms with Gasteiger partial charge in [-0.1, -0.05) is 49.7 Å². The van der Waals surface area contributed by atoms with E-state index >= 15 is 0 Å². The number of hydrogen-bond donors (Lipinski definition) is 3. The Kier molecular flexibility index (Phi) is 8.02. The van der Waals surface area contributed by atoms with Crippen molar-refractivity contribution in [1.29, 1.82) is 0 Å². The third-order valence-corrected chi connectivity index (χ3v) is 6.49. The highest BCUT2D eigenvalue weighted by molar-refractivity contribution is 7.88. The quantitative estimate of drug-likeness (QED) is 0.383. The van der Waals surface area contributed by atoms with Gasteiger partial charge in [-0.25, -0.2) is 23.1 Å². The summed E-state index contributed by atoms with van der Waals surface area (Å²) < 4.78 is 32.7. The van der Waals surface area contributed by atoms with E-state index in [-0.39, 0.29) is 18.2 Å². The molecule has 2 aromatic carbocycles. The number of aliphatic hydroxyl groups is 1. The summed E-state index contributed by atoms with van der Waals surface area (Å²) in [7, 11) is -2.19. The molecule has 0 aliphatic heterocycles. The van der Waals surface area contributed by atoms with Gasteiger partial charge in [-0.2, -0.15) is 0 Å². The SMILES string of the molecule is CO[C@@H](O)[C@@H](Nc1nc(CNS(=O)(=O)Cc2ccc(Cl)cc2)nc2ccccc12)C(C)C. The highest BCUT2D eigenvalue weighted by Crippen LogP contribution is 2.23. The number of methoxy groups -OCH3 is 1. The smallest absolute Gasteiger partial charge is 0.216 e. The Labute approximate surface area is 193 Å². The number of hydrogen-bond acceptors (Lipinski definition) is 7. The van der Waals surface area contributed by atoms with Crippen molar-refractivity contribution in [3.63, 3.8) is 0 Å². The van der Waals surface area contributed by atoms with Crippen LogP contribution in [0.3, 0.4) is 0 Å². The summed E-state index contributed by atoms with van der Waals surface area (Å²) in [6, 6.07) is 13.6. The molecule has 1 aromatic heterocycles. The molecule has 0 radical (unpaired) electrons. The standard InChI is InChI=1S/C22H27ClN4O4S/c1-14(2)20(22(28)31-3)27-21-17-6-4-5-7-18(17)25-19(26-21)12-24-32(29,30)13-15-8-10-16(23)11-9-15/h4-11,14,20,22,24,28H,12-13H2,1-3H3,(H,25,26,27)/t20-,22+/m0/s1. The molecule has 3 aromatic rings. The molecular weight excluding hydrogens is 452 g/mol. The molecule has 10 heteroatoms. The van der Waals surface area contributed by atoms with Crippen LogP contribution < -0.4 is 10.0 Å². The fourth-order valence-electron chi connectivity index (χ4n) is 3.21. The van der Waals surface area contributed by atoms with Gasteiger partial charge in [0.25, 0.3) is 0 Å². The van der Waals surface area contributed by atoms with Crippen molar-refractivity contribution in [2.45, 2.75) is 38.5 Å². The Balaban J connectivity index is 1.83. The number of rotatable bonds is 10. The van der Waals surface area contributed by atoms with Crippen LogP contribution >= 0.6 is 11.6 Å². The number of aromatic nitrogens is 2. The van der Waals surface area contributed by atoms with Crippen LogP contribution in [-0.2, 0) is 27.1 Å². The maximum atomic E-state index is 12.5. The average molecular weight is 479 g/mol. The average Bonchev–Trinajstić information content (AvgIpc) is 2.76. The monoisotopic (exact) mass is 478 g/mol. The summed E-state index contributed by atoms with van der Waals surface area (Å²) in [5, 5.41) is 14.8. The first-order valence-corrected chi connectivity index (χ1v) is 12.2. The van der Waals surface area contributed by atoms with Crippen molar-refractivity contribution < 1.29 is 18.3 Å². The van der Waals surface area contributed by atoms with Crippen molar-refractivity contribution in [3.8, 4) is 0 Å². The minimum absolute atomic E-state index is 0.0417. The van der Waals surface area contributed by atoms with Crippen LogP contribution in [0.25, 0.3) is 10.9 Å². The number of nitrogens with zero attached hydrogens (tertiary/aromatic N) is 2. The Morgan fingerprint density at radius 1 is 1.09 bits per heavy atom. The Hall–Kier alpha value is -2.30. The van der Waals surface area contributed by atoms with E-state index < -0.39 is 22.4 Å². The molecule has 0 spiro atoms. The highest BCUT2D eigenvalue weighted by atomic mass is 35.5. The van der Waals surface area contributed by atoms with Crippen LogP contribution in [0.15, 0.2) is 48.5 Å². The van der Waals surface area contributed by atoms with E-state index in [0.717, 1.165) is 5.39 Å². The largest absolute Gasteiger partial charge is 0.366 e. The van der Waals surface area contributed by atoms with Crippen molar-refractivity contribution >= 4 is 38.3 Å². The molecule has 3 rings (SSSR count). The third kappa shape index (κ3) is 6.36. The number of para-hydroxylation sites is 1. The van der Waals surface area contributed by atoms with Crippen molar-refractivity contribution in [3.05, 3.63) is 64.9 Å². The minimum atomic E-state index is -3.62. The van der Waals surface area contributed by atoms with Gasteiger partial charge in [0.05, 0.1) is 23.9 Å². The number of sulfonamides is 1. The lowest BCUT2D eigenvalue weighted by atomic mass is 10.0. The van der Waals surface area contributed by atoms with E-state index in [2.05, 4.69) is 20.0 Å². The van der Waals surface area contributed by atoms with Crippen molar-refractivity contribution in [2.75, 3.05) is 12.4 Å². The Bertz CT molecular complexity index is 1160. The maximum absolute atomic E-state index is 12.5. The predicted molar refractivity (Wildman–Crippen MR) is 126 cm³/mol. The molecule has 3 N–H and O–H groups in total. The van der Waals surface area contributed by atoms with Crippen LogP contribution in [-0.4, -0.2) is 42.9 Å². The Morgan fingerprint density at radius 2 is 1.78 bits per heavy atom. The molecular formula is C22H27ClN4O4S. The Morgan fingerprint density at radius 3 is 2.44 bits per heavy atom. The molecule has 0 aliphatic rings. The maximum Gasteiger partial charge on any atom is 0.216 e. The van der Waals surface area contributed by atoms with Crippen molar-refractivity contribution in [1.82, 2.24) is 14.7 Å². The summed E-state index contributed by atoms with van der Waals surface area (Å²) in [6.07, 6.45) is -1.04. The van der Waals surface area contributed by atoms with Gasteiger partial charge >= 0.3 is 0 Å². The number of fused-ring (bicyclic) bond motifs is 1. The zero-order valence-electron chi connectivity index (χ0n) is 18.1. The number of anilines is 1. The summed E-state index contributed by atoms with van der Waals surface area (Å²) in [5.41, 5.74) is 1.28. The lowest BCUT2D eigenvalue weighted by Crippen LogP contribution is -2.39. The summed E-state index contributed by atoms with van der Waals surface area (Å²) >= 11 is 5.86. The number of aliphatic hydroxyl groups excluding tert-OH is 1. The number of benzene rings is 2. The van der Waals surface area contributed by atoms with Gasteiger partial charge in [-0.05, 0) is 35.7 Å². The second-order valence-corrected chi connectivity index (χ2v) is 10.00. The van der Waals surface area contributed by atoms with E-state index in [4.69, 9.17) is 16.3 Å². The fraction of sp³-hybridized carbons (Fsp3) is 0.364. The van der Waals surface area contributed by atoms with E-state index in [0.29, 0.717) is 27.7 Å². The van der Waals surface area contributed by atoms with Crippen LogP contribution in [0.2, 0.25) is 5.02 Å². The van der Waals surface area contributed by atoms with E-state index in [1.165, 1.54) is 7.11 Å². The number of ether oxygens (including phenoxy) is 1. The van der Waals surface area contributed by atoms with E-state index in [1.54, 1.807) is 24.3 Å². The van der Waals surface area contributed by atoms with Crippen LogP contribution in [0.1, 0.15) is 25.2 Å². The first kappa shape index (κ1) is 24.3. The van der Waals surface area contributed by atoms with Gasteiger partial charge in [0.1, 0.15) is 11.6 Å². The normalized spacial score (nSPS) is 13.9. The van der Waals surface area contributed by atoms with Crippen LogP contribution in [0, 0.1) is 5.92 Å². The van der Waals surface area contributed by atoms with Gasteiger partial charge < -0.3 is 15.2 Å². The summed E-state index contributed by atoms with van der Waals surface area (Å²) in [6.45, 7) is 3.83. The molecule has 1 heterocycles. The first-order valence-electron chi connectivity index (χ1n) is 10.1. The predicted octanol–water partition coefficient (Wildman–Crippen LogP) is 3.30. The van der Waals surface area contributed by atoms with Gasteiger partial charge in [0, 0.05) is 17.5 Å². The van der Waals surface area contributed by atoms with Gasteiger partial charge in [0.2, 0.25) is 10.0 Å². The molecule has 0 saturated carbocycles. The second kappa shape index (κ2) is 10.5. The summed E-state index contributed by atoms with van der Waals surface area (Å²) in [4.78, 5) is 9.01. The number of nitrogens with one attached hydrogen (secondary N) is 2. The van der Waals surface area contributed by atoms with Crippen LogP contribution in [0.4, 0.5) is 5.82 Å². The van der Waals surface area contributed by atoms with Gasteiger partial charge in [0.15, 0.2) is 6.29 Å². The van der Waals surface area contributed by atoms with E-state index in [9.17, 15) is 13.5 Å². The lowest BCUT2D eigenvalue weighted by molar-refractivity contribution is -0.0926. The molecule has 0 bridgehead atoms. The molecule has 172 valence electrons. The highest BCUT2D eigenvalue weighted by Gasteiger charge is 2.24. The molecule has 8 nitrogen and oxygen atoms in total. The van der Waals surface area contributed by atoms with E-state index in [1.807, 2.05) is 38.1 Å². The molecule has 0 unspecified atom stereocenters. The minimum Gasteiger partial charge on any atom is -0.366 e.